The molecule has 1 aromatic heterocycles. The molecule has 150 valence electrons. The van der Waals surface area contributed by atoms with Gasteiger partial charge in [-0.3, -0.25) is 9.36 Å². The summed E-state index contributed by atoms with van der Waals surface area (Å²) in [6.07, 6.45) is 3.32. The van der Waals surface area contributed by atoms with E-state index in [9.17, 15) is 9.59 Å². The summed E-state index contributed by atoms with van der Waals surface area (Å²) in [6, 6.07) is 14.6. The van der Waals surface area contributed by atoms with Crippen molar-refractivity contribution >= 4 is 17.5 Å². The number of benzene rings is 2. The zero-order valence-electron chi connectivity index (χ0n) is 16.1. The summed E-state index contributed by atoms with van der Waals surface area (Å²) in [6.45, 7) is 1.22. The molecule has 0 atom stereocenters. The summed E-state index contributed by atoms with van der Waals surface area (Å²) in [7, 11) is 1.62. The van der Waals surface area contributed by atoms with E-state index in [0.29, 0.717) is 23.7 Å². The normalized spacial score (nSPS) is 14.8. The number of rotatable bonds is 4. The number of carbonyl (C=O) groups excluding carboxylic acids is 1. The van der Waals surface area contributed by atoms with E-state index in [2.05, 4.69) is 4.98 Å². The molecule has 0 unspecified atom stereocenters. The molecule has 0 saturated carbocycles. The van der Waals surface area contributed by atoms with Gasteiger partial charge in [-0.25, -0.2) is 4.79 Å². The first-order valence-electron chi connectivity index (χ1n) is 9.55. The van der Waals surface area contributed by atoms with E-state index in [1.165, 1.54) is 0 Å². The van der Waals surface area contributed by atoms with Gasteiger partial charge in [0, 0.05) is 41.5 Å². The summed E-state index contributed by atoms with van der Waals surface area (Å²) in [4.78, 5) is 30.0. The number of halogens is 1. The molecule has 2 heterocycles. The van der Waals surface area contributed by atoms with Crippen LogP contribution < -0.4 is 10.4 Å². The number of likely N-dealkylation sites (tertiary alicyclic amines) is 1. The van der Waals surface area contributed by atoms with Crippen molar-refractivity contribution < 1.29 is 9.53 Å². The van der Waals surface area contributed by atoms with Crippen LogP contribution in [0.25, 0.3) is 11.3 Å². The number of nitrogens with one attached hydrogen (secondary N) is 1. The number of methoxy groups -OCH3 is 1. The van der Waals surface area contributed by atoms with Gasteiger partial charge in [-0.1, -0.05) is 23.7 Å². The van der Waals surface area contributed by atoms with Crippen molar-refractivity contribution in [2.75, 3.05) is 20.2 Å². The molecule has 1 aliphatic heterocycles. The van der Waals surface area contributed by atoms with Crippen molar-refractivity contribution in [2.45, 2.75) is 18.9 Å². The number of piperidine rings is 1. The maximum absolute atomic E-state index is 12.7. The Morgan fingerprint density at radius 1 is 1.14 bits per heavy atom. The maximum atomic E-state index is 12.7. The molecule has 6 nitrogen and oxygen atoms in total. The minimum Gasteiger partial charge on any atom is -0.497 e. The number of ether oxygens (including phenoxy) is 1. The Hall–Kier alpha value is -2.99. The van der Waals surface area contributed by atoms with E-state index in [1.54, 1.807) is 35.9 Å². The molecule has 0 bridgehead atoms. The van der Waals surface area contributed by atoms with Crippen LogP contribution in [-0.4, -0.2) is 40.6 Å². The van der Waals surface area contributed by atoms with Crippen LogP contribution in [0.3, 0.4) is 0 Å². The molecule has 2 aromatic carbocycles. The Kier molecular flexibility index (Phi) is 5.45. The van der Waals surface area contributed by atoms with Gasteiger partial charge in [0.05, 0.1) is 12.8 Å². The molecule has 0 radical (unpaired) electrons. The second kappa shape index (κ2) is 8.17. The Morgan fingerprint density at radius 2 is 1.86 bits per heavy atom. The van der Waals surface area contributed by atoms with Gasteiger partial charge in [-0.2, -0.15) is 0 Å². The fourth-order valence-electron chi connectivity index (χ4n) is 3.74. The lowest BCUT2D eigenvalue weighted by Gasteiger charge is -2.32. The monoisotopic (exact) mass is 411 g/mol. The van der Waals surface area contributed by atoms with E-state index in [-0.39, 0.29) is 17.6 Å². The zero-order valence-corrected chi connectivity index (χ0v) is 16.9. The van der Waals surface area contributed by atoms with E-state index >= 15 is 0 Å². The second-order valence-corrected chi connectivity index (χ2v) is 7.58. The highest BCUT2D eigenvalue weighted by molar-refractivity contribution is 6.30. The van der Waals surface area contributed by atoms with Crippen molar-refractivity contribution in [1.82, 2.24) is 14.5 Å². The maximum Gasteiger partial charge on any atom is 0.326 e. The minimum atomic E-state index is -0.134. The average Bonchev–Trinajstić information content (AvgIpc) is 3.15. The van der Waals surface area contributed by atoms with Crippen LogP contribution in [-0.2, 0) is 0 Å². The van der Waals surface area contributed by atoms with E-state index in [1.807, 2.05) is 35.4 Å². The van der Waals surface area contributed by atoms with Crippen LogP contribution in [0.1, 0.15) is 29.2 Å². The highest BCUT2D eigenvalue weighted by atomic mass is 35.5. The molecule has 1 aliphatic rings. The van der Waals surface area contributed by atoms with Crippen molar-refractivity contribution in [3.05, 3.63) is 75.8 Å². The molecule has 3 aromatic rings. The highest BCUT2D eigenvalue weighted by Crippen LogP contribution is 2.26. The van der Waals surface area contributed by atoms with Crippen molar-refractivity contribution in [2.24, 2.45) is 0 Å². The number of hydrogen-bond donors (Lipinski definition) is 1. The summed E-state index contributed by atoms with van der Waals surface area (Å²) in [5, 5.41) is 0.610. The first-order valence-corrected chi connectivity index (χ1v) is 9.93. The van der Waals surface area contributed by atoms with Crippen LogP contribution in [0.15, 0.2) is 59.5 Å². The largest absolute Gasteiger partial charge is 0.497 e. The first kappa shape index (κ1) is 19.3. The molecule has 7 heteroatoms. The van der Waals surface area contributed by atoms with Crippen molar-refractivity contribution in [3.8, 4) is 17.0 Å². The smallest absolute Gasteiger partial charge is 0.326 e. The lowest BCUT2D eigenvalue weighted by molar-refractivity contribution is 0.0693. The fraction of sp³-hybridized carbons (Fsp3) is 0.273. The predicted octanol–water partition coefficient (Wildman–Crippen LogP) is 3.98. The molecular formula is C22H22ClN3O3. The summed E-state index contributed by atoms with van der Waals surface area (Å²) < 4.78 is 7.01. The number of H-pyrrole nitrogens is 1. The number of nitrogens with zero attached hydrogens (tertiary/aromatic N) is 2. The van der Waals surface area contributed by atoms with Gasteiger partial charge in [0.15, 0.2) is 0 Å². The van der Waals surface area contributed by atoms with Gasteiger partial charge in [0.1, 0.15) is 5.75 Å². The summed E-state index contributed by atoms with van der Waals surface area (Å²) >= 11 is 5.90. The topological polar surface area (TPSA) is 67.3 Å². The standard InChI is InChI=1S/C22H22ClN3O3/c1-29-19-4-2-3-16(13-19)20-14-26(22(28)24-20)18-9-11-25(12-10-18)21(27)15-5-7-17(23)8-6-15/h2-8,13-14,18H,9-12H2,1H3,(H,24,28). The van der Waals surface area contributed by atoms with E-state index < -0.39 is 0 Å². The molecule has 4 rings (SSSR count). The molecule has 29 heavy (non-hydrogen) atoms. The number of hydrogen-bond acceptors (Lipinski definition) is 3. The number of aromatic nitrogens is 2. The fourth-order valence-corrected chi connectivity index (χ4v) is 3.87. The summed E-state index contributed by atoms with van der Waals surface area (Å²) in [5.41, 5.74) is 2.15. The Labute approximate surface area is 173 Å². The minimum absolute atomic E-state index is 0.00129. The lowest BCUT2D eigenvalue weighted by Crippen LogP contribution is -2.40. The van der Waals surface area contributed by atoms with Crippen LogP contribution in [0.2, 0.25) is 5.02 Å². The molecule has 1 N–H and O–H groups in total. The predicted molar refractivity (Wildman–Crippen MR) is 113 cm³/mol. The second-order valence-electron chi connectivity index (χ2n) is 7.14. The average molecular weight is 412 g/mol. The molecule has 0 aliphatic carbocycles. The molecule has 1 fully saturated rings. The third-order valence-corrected chi connectivity index (χ3v) is 5.61. The number of carbonyl (C=O) groups is 1. The highest BCUT2D eigenvalue weighted by Gasteiger charge is 2.26. The zero-order chi connectivity index (χ0) is 20.4. The van der Waals surface area contributed by atoms with Gasteiger partial charge in [-0.15, -0.1) is 0 Å². The Bertz CT molecular complexity index is 1060. The van der Waals surface area contributed by atoms with Gasteiger partial charge in [0.2, 0.25) is 0 Å². The third-order valence-electron chi connectivity index (χ3n) is 5.36. The van der Waals surface area contributed by atoms with Crippen LogP contribution in [0, 0.1) is 0 Å². The molecule has 1 saturated heterocycles. The van der Waals surface area contributed by atoms with Crippen LogP contribution in [0.5, 0.6) is 5.75 Å². The Balaban J connectivity index is 1.46. The van der Waals surface area contributed by atoms with E-state index in [4.69, 9.17) is 16.3 Å². The number of aromatic amines is 1. The first-order chi connectivity index (χ1) is 14.0. The van der Waals surface area contributed by atoms with Gasteiger partial charge in [0.25, 0.3) is 5.91 Å². The van der Waals surface area contributed by atoms with Crippen molar-refractivity contribution in [1.29, 1.82) is 0 Å². The lowest BCUT2D eigenvalue weighted by atomic mass is 10.0. The number of amides is 1. The quantitative estimate of drug-likeness (QED) is 0.706. The Morgan fingerprint density at radius 3 is 2.55 bits per heavy atom. The van der Waals surface area contributed by atoms with E-state index in [0.717, 1.165) is 29.8 Å². The van der Waals surface area contributed by atoms with Gasteiger partial charge < -0.3 is 14.6 Å². The molecule has 0 spiro atoms. The third kappa shape index (κ3) is 4.07. The SMILES string of the molecule is COc1cccc(-c2cn(C3CCN(C(=O)c4ccc(Cl)cc4)CC3)c(=O)[nH]2)c1. The van der Waals surface area contributed by atoms with Crippen LogP contribution in [0.4, 0.5) is 0 Å². The number of imidazole rings is 1. The molecule has 1 amide bonds. The summed E-state index contributed by atoms with van der Waals surface area (Å²) in [5.74, 6) is 0.740. The van der Waals surface area contributed by atoms with Gasteiger partial charge in [-0.05, 0) is 49.2 Å². The molecular weight excluding hydrogens is 390 g/mol. The van der Waals surface area contributed by atoms with Crippen molar-refractivity contribution in [3.63, 3.8) is 0 Å². The van der Waals surface area contributed by atoms with Gasteiger partial charge >= 0.3 is 5.69 Å². The van der Waals surface area contributed by atoms with Crippen LogP contribution >= 0.6 is 11.6 Å².